The Labute approximate surface area is 201 Å². The van der Waals surface area contributed by atoms with E-state index < -0.39 is 11.8 Å². The number of nitrogens with zero attached hydrogens (tertiary/aromatic N) is 4. The van der Waals surface area contributed by atoms with Gasteiger partial charge in [-0.15, -0.1) is 0 Å². The van der Waals surface area contributed by atoms with Crippen molar-refractivity contribution in [1.29, 1.82) is 5.26 Å². The van der Waals surface area contributed by atoms with Gasteiger partial charge >= 0.3 is 5.97 Å². The van der Waals surface area contributed by atoms with E-state index in [-0.39, 0.29) is 35.3 Å². The first-order valence-electron chi connectivity index (χ1n) is 11.1. The monoisotopic (exact) mass is 474 g/mol. The number of piperidine rings is 1. The fraction of sp³-hybridized carbons (Fsp3) is 0.269. The summed E-state index contributed by atoms with van der Waals surface area (Å²) in [5.41, 5.74) is 1.66. The molecule has 3 heterocycles. The maximum atomic E-state index is 14.1. The summed E-state index contributed by atoms with van der Waals surface area (Å²) in [5, 5.41) is 8.86. The van der Waals surface area contributed by atoms with E-state index in [0.717, 1.165) is 5.69 Å². The number of amides is 1. The zero-order chi connectivity index (χ0) is 24.8. The first kappa shape index (κ1) is 23.8. The Bertz CT molecular complexity index is 1280. The number of benzene rings is 1. The number of carbonyl (C=O) groups is 2. The summed E-state index contributed by atoms with van der Waals surface area (Å²) in [6.45, 7) is 0.999. The third kappa shape index (κ3) is 5.44. The highest BCUT2D eigenvalue weighted by Crippen LogP contribution is 2.29. The summed E-state index contributed by atoms with van der Waals surface area (Å²) in [6.07, 6.45) is 2.84. The molecule has 0 unspecified atom stereocenters. The molecule has 0 aliphatic carbocycles. The van der Waals surface area contributed by atoms with Gasteiger partial charge in [0.1, 0.15) is 12.4 Å². The van der Waals surface area contributed by atoms with E-state index in [1.54, 1.807) is 29.2 Å². The maximum absolute atomic E-state index is 14.1. The molecule has 8 nitrogen and oxygen atoms in total. The van der Waals surface area contributed by atoms with Crippen molar-refractivity contribution < 1.29 is 23.5 Å². The van der Waals surface area contributed by atoms with Crippen molar-refractivity contribution in [2.45, 2.75) is 25.4 Å². The van der Waals surface area contributed by atoms with Gasteiger partial charge in [-0.05, 0) is 43.2 Å². The molecule has 1 amide bonds. The number of methoxy groups -OCH3 is 1. The lowest BCUT2D eigenvalue weighted by Gasteiger charge is -2.32. The minimum absolute atomic E-state index is 0.00538. The lowest BCUT2D eigenvalue weighted by molar-refractivity contribution is 0.0579. The van der Waals surface area contributed by atoms with Crippen molar-refractivity contribution in [1.82, 2.24) is 14.9 Å². The fourth-order valence-corrected chi connectivity index (χ4v) is 4.01. The molecule has 0 radical (unpaired) electrons. The van der Waals surface area contributed by atoms with Crippen LogP contribution in [-0.4, -0.2) is 46.9 Å². The molecule has 9 heteroatoms. The minimum Gasteiger partial charge on any atom is -0.473 e. The smallest absolute Gasteiger partial charge is 0.357 e. The quantitative estimate of drug-likeness (QED) is 0.499. The zero-order valence-corrected chi connectivity index (χ0v) is 19.1. The lowest BCUT2D eigenvalue weighted by atomic mass is 9.92. The van der Waals surface area contributed by atoms with Crippen molar-refractivity contribution in [3.05, 3.63) is 88.6 Å². The highest BCUT2D eigenvalue weighted by molar-refractivity contribution is 6.04. The van der Waals surface area contributed by atoms with E-state index in [9.17, 15) is 14.0 Å². The summed E-state index contributed by atoms with van der Waals surface area (Å²) in [4.78, 5) is 35.3. The SMILES string of the molecule is COC(=O)c1ncccc1C(=O)N1CCC(c2cccc(OCc3ccc(C#N)cc3F)n2)CC1. The Morgan fingerprint density at radius 1 is 1.17 bits per heavy atom. The van der Waals surface area contributed by atoms with Gasteiger partial charge < -0.3 is 14.4 Å². The molecule has 2 aromatic heterocycles. The molecule has 0 atom stereocenters. The zero-order valence-electron chi connectivity index (χ0n) is 19.1. The summed E-state index contributed by atoms with van der Waals surface area (Å²) in [5.74, 6) is -0.899. The van der Waals surface area contributed by atoms with Crippen LogP contribution in [0.4, 0.5) is 4.39 Å². The molecule has 1 aliphatic heterocycles. The standard InChI is InChI=1S/C26H23FN4O4/c1-34-26(33)24-20(4-3-11-29-24)25(32)31-12-9-18(10-13-31)22-5-2-6-23(30-22)35-16-19-8-7-17(15-28)14-21(19)27/h2-8,11,14,18H,9-10,12-13,16H2,1H3. The van der Waals surface area contributed by atoms with Crippen LogP contribution in [0, 0.1) is 17.1 Å². The van der Waals surface area contributed by atoms with Gasteiger partial charge in [0.25, 0.3) is 5.91 Å². The second-order valence-electron chi connectivity index (χ2n) is 8.06. The third-order valence-electron chi connectivity index (χ3n) is 5.92. The molecule has 1 saturated heterocycles. The van der Waals surface area contributed by atoms with E-state index in [0.29, 0.717) is 37.4 Å². The van der Waals surface area contributed by atoms with Crippen molar-refractivity contribution in [3.8, 4) is 11.9 Å². The number of hydrogen-bond acceptors (Lipinski definition) is 7. The van der Waals surface area contributed by atoms with Crippen molar-refractivity contribution in [3.63, 3.8) is 0 Å². The van der Waals surface area contributed by atoms with Crippen LogP contribution in [0.5, 0.6) is 5.88 Å². The van der Waals surface area contributed by atoms with Crippen LogP contribution in [-0.2, 0) is 11.3 Å². The molecular weight excluding hydrogens is 451 g/mol. The molecule has 0 bridgehead atoms. The van der Waals surface area contributed by atoms with Gasteiger partial charge in [-0.2, -0.15) is 5.26 Å². The molecule has 3 aromatic rings. The fourth-order valence-electron chi connectivity index (χ4n) is 4.01. The van der Waals surface area contributed by atoms with Crippen LogP contribution < -0.4 is 4.74 Å². The Morgan fingerprint density at radius 3 is 2.69 bits per heavy atom. The highest BCUT2D eigenvalue weighted by Gasteiger charge is 2.28. The van der Waals surface area contributed by atoms with Gasteiger partial charge in [0, 0.05) is 42.5 Å². The summed E-state index contributed by atoms with van der Waals surface area (Å²) in [7, 11) is 1.25. The average molecular weight is 474 g/mol. The van der Waals surface area contributed by atoms with Crippen molar-refractivity contribution in [2.24, 2.45) is 0 Å². The predicted molar refractivity (Wildman–Crippen MR) is 123 cm³/mol. The molecule has 4 rings (SSSR count). The summed E-state index contributed by atoms with van der Waals surface area (Å²) in [6, 6.07) is 14.8. The van der Waals surface area contributed by atoms with Crippen LogP contribution in [0.2, 0.25) is 0 Å². The largest absolute Gasteiger partial charge is 0.473 e. The van der Waals surface area contributed by atoms with Crippen LogP contribution in [0.1, 0.15) is 56.4 Å². The number of hydrogen-bond donors (Lipinski definition) is 0. The van der Waals surface area contributed by atoms with Gasteiger partial charge in [0.05, 0.1) is 24.3 Å². The van der Waals surface area contributed by atoms with E-state index in [1.807, 2.05) is 18.2 Å². The van der Waals surface area contributed by atoms with E-state index in [4.69, 9.17) is 14.7 Å². The van der Waals surface area contributed by atoms with Gasteiger partial charge in [-0.3, -0.25) is 4.79 Å². The van der Waals surface area contributed by atoms with E-state index in [1.165, 1.54) is 25.4 Å². The number of carbonyl (C=O) groups excluding carboxylic acids is 2. The van der Waals surface area contributed by atoms with E-state index in [2.05, 4.69) is 9.97 Å². The van der Waals surface area contributed by atoms with Crippen LogP contribution >= 0.6 is 0 Å². The van der Waals surface area contributed by atoms with Gasteiger partial charge in [0.15, 0.2) is 5.69 Å². The molecular formula is C26H23FN4O4. The number of nitriles is 1. The molecule has 1 aliphatic rings. The molecule has 0 spiro atoms. The second kappa shape index (κ2) is 10.7. The molecule has 0 saturated carbocycles. The van der Waals surface area contributed by atoms with Crippen molar-refractivity contribution >= 4 is 11.9 Å². The van der Waals surface area contributed by atoms with Gasteiger partial charge in [0.2, 0.25) is 5.88 Å². The first-order valence-corrected chi connectivity index (χ1v) is 11.1. The van der Waals surface area contributed by atoms with Crippen LogP contribution in [0.25, 0.3) is 0 Å². The summed E-state index contributed by atoms with van der Waals surface area (Å²) >= 11 is 0. The minimum atomic E-state index is -0.647. The molecule has 35 heavy (non-hydrogen) atoms. The number of halogens is 1. The number of esters is 1. The second-order valence-corrected chi connectivity index (χ2v) is 8.06. The lowest BCUT2D eigenvalue weighted by Crippen LogP contribution is -2.38. The topological polar surface area (TPSA) is 105 Å². The van der Waals surface area contributed by atoms with Gasteiger partial charge in [-0.25, -0.2) is 19.2 Å². The number of aromatic nitrogens is 2. The maximum Gasteiger partial charge on any atom is 0.357 e. The summed E-state index contributed by atoms with van der Waals surface area (Å²) < 4.78 is 24.5. The van der Waals surface area contributed by atoms with Gasteiger partial charge in [-0.1, -0.05) is 12.1 Å². The Morgan fingerprint density at radius 2 is 1.97 bits per heavy atom. The Balaban J connectivity index is 1.38. The normalized spacial score (nSPS) is 13.7. The molecule has 178 valence electrons. The Kier molecular flexibility index (Phi) is 7.31. The van der Waals surface area contributed by atoms with Crippen LogP contribution in [0.15, 0.2) is 54.7 Å². The number of rotatable bonds is 6. The average Bonchev–Trinajstić information content (AvgIpc) is 2.91. The molecule has 1 aromatic carbocycles. The van der Waals surface area contributed by atoms with E-state index >= 15 is 0 Å². The highest BCUT2D eigenvalue weighted by atomic mass is 19.1. The third-order valence-corrected chi connectivity index (χ3v) is 5.92. The Hall–Kier alpha value is -4.32. The predicted octanol–water partition coefficient (Wildman–Crippen LogP) is 3.87. The number of pyridine rings is 2. The number of likely N-dealkylation sites (tertiary alicyclic amines) is 1. The molecule has 1 fully saturated rings. The first-order chi connectivity index (χ1) is 17.0. The van der Waals surface area contributed by atoms with Crippen LogP contribution in [0.3, 0.4) is 0 Å². The number of ether oxygens (including phenoxy) is 2. The molecule has 0 N–H and O–H groups in total. The van der Waals surface area contributed by atoms with Crippen molar-refractivity contribution in [2.75, 3.05) is 20.2 Å².